The zero-order valence-corrected chi connectivity index (χ0v) is 11.2. The zero-order valence-electron chi connectivity index (χ0n) is 11.2. The highest BCUT2D eigenvalue weighted by Gasteiger charge is 2.30. The summed E-state index contributed by atoms with van der Waals surface area (Å²) in [5.74, 6) is 2.22. The van der Waals surface area contributed by atoms with Crippen molar-refractivity contribution in [2.24, 2.45) is 0 Å². The molecular weight excluding hydrogens is 258 g/mol. The third-order valence-corrected chi connectivity index (χ3v) is 3.80. The van der Waals surface area contributed by atoms with Crippen molar-refractivity contribution in [2.75, 3.05) is 18.2 Å². The van der Waals surface area contributed by atoms with Gasteiger partial charge in [-0.3, -0.25) is 0 Å². The lowest BCUT2D eigenvalue weighted by atomic mass is 10.0. The summed E-state index contributed by atoms with van der Waals surface area (Å²) in [7, 11) is 0. The molecule has 0 saturated carbocycles. The quantitative estimate of drug-likeness (QED) is 0.837. The number of hydrogen-bond donors (Lipinski definition) is 0. The van der Waals surface area contributed by atoms with Crippen LogP contribution >= 0.6 is 0 Å². The van der Waals surface area contributed by atoms with E-state index in [2.05, 4.69) is 27.2 Å². The molecule has 0 unspecified atom stereocenters. The predicted molar refractivity (Wildman–Crippen MR) is 70.9 cm³/mol. The van der Waals surface area contributed by atoms with E-state index in [-0.39, 0.29) is 6.04 Å². The van der Waals surface area contributed by atoms with Crippen molar-refractivity contribution in [3.05, 3.63) is 29.7 Å². The lowest BCUT2D eigenvalue weighted by Gasteiger charge is -2.22. The number of ether oxygens (including phenoxy) is 2. The molecule has 1 atom stereocenters. The van der Waals surface area contributed by atoms with Gasteiger partial charge in [-0.2, -0.15) is 0 Å². The molecule has 1 fully saturated rings. The molecule has 104 valence electrons. The van der Waals surface area contributed by atoms with Gasteiger partial charge in [-0.1, -0.05) is 11.2 Å². The van der Waals surface area contributed by atoms with Crippen LogP contribution in [0.25, 0.3) is 0 Å². The van der Waals surface area contributed by atoms with Crippen molar-refractivity contribution in [3.8, 4) is 11.5 Å². The fourth-order valence-electron chi connectivity index (χ4n) is 2.86. The van der Waals surface area contributed by atoms with Gasteiger partial charge in [-0.15, -0.1) is 5.10 Å². The molecule has 0 bridgehead atoms. The first-order valence-corrected chi connectivity index (χ1v) is 6.77. The minimum Gasteiger partial charge on any atom is -0.454 e. The molecule has 0 amide bonds. The van der Waals surface area contributed by atoms with Crippen LogP contribution in [-0.4, -0.2) is 23.5 Å². The molecule has 20 heavy (non-hydrogen) atoms. The summed E-state index contributed by atoms with van der Waals surface area (Å²) in [6, 6.07) is 6.95. The van der Waals surface area contributed by atoms with Gasteiger partial charge in [0, 0.05) is 13.5 Å². The molecule has 0 radical (unpaired) electrons. The highest BCUT2D eigenvalue weighted by molar-refractivity contribution is 5.47. The number of benzene rings is 1. The monoisotopic (exact) mass is 273 g/mol. The van der Waals surface area contributed by atoms with E-state index in [0.717, 1.165) is 30.9 Å². The van der Waals surface area contributed by atoms with E-state index in [0.29, 0.717) is 18.7 Å². The van der Waals surface area contributed by atoms with Crippen molar-refractivity contribution in [1.82, 2.24) is 10.2 Å². The van der Waals surface area contributed by atoms with E-state index in [1.807, 2.05) is 13.0 Å². The molecule has 0 spiro atoms. The van der Waals surface area contributed by atoms with Crippen molar-refractivity contribution < 1.29 is 13.9 Å². The van der Waals surface area contributed by atoms with E-state index in [9.17, 15) is 0 Å². The van der Waals surface area contributed by atoms with E-state index in [1.54, 1.807) is 0 Å². The van der Waals surface area contributed by atoms with Crippen molar-refractivity contribution in [3.63, 3.8) is 0 Å². The van der Waals surface area contributed by atoms with Gasteiger partial charge in [0.15, 0.2) is 11.5 Å². The molecule has 0 N–H and O–H groups in total. The van der Waals surface area contributed by atoms with E-state index in [4.69, 9.17) is 13.9 Å². The highest BCUT2D eigenvalue weighted by Crippen LogP contribution is 2.40. The summed E-state index contributed by atoms with van der Waals surface area (Å²) in [6.07, 6.45) is 2.18. The number of rotatable bonds is 2. The van der Waals surface area contributed by atoms with Gasteiger partial charge in [0.1, 0.15) is 0 Å². The molecule has 2 aliphatic rings. The van der Waals surface area contributed by atoms with Crippen molar-refractivity contribution >= 4 is 6.01 Å². The first-order chi connectivity index (χ1) is 9.81. The predicted octanol–water partition coefficient (Wildman–Crippen LogP) is 2.45. The molecule has 1 aromatic heterocycles. The van der Waals surface area contributed by atoms with Crippen LogP contribution in [-0.2, 0) is 0 Å². The Hall–Kier alpha value is -2.24. The lowest BCUT2D eigenvalue weighted by Crippen LogP contribution is -2.22. The van der Waals surface area contributed by atoms with Crippen LogP contribution in [0.1, 0.15) is 30.3 Å². The number of hydrogen-bond acceptors (Lipinski definition) is 6. The SMILES string of the molecule is Cc1nnc(N2CCC[C@@H]2c2ccc3c(c2)OCO3)o1. The van der Waals surface area contributed by atoms with Crippen molar-refractivity contribution in [1.29, 1.82) is 0 Å². The minimum absolute atomic E-state index is 0.254. The maximum absolute atomic E-state index is 5.56. The first-order valence-electron chi connectivity index (χ1n) is 6.77. The molecule has 1 saturated heterocycles. The Morgan fingerprint density at radius 1 is 1.20 bits per heavy atom. The van der Waals surface area contributed by atoms with Gasteiger partial charge in [-0.05, 0) is 30.5 Å². The Morgan fingerprint density at radius 3 is 2.95 bits per heavy atom. The second-order valence-electron chi connectivity index (χ2n) is 5.07. The summed E-state index contributed by atoms with van der Waals surface area (Å²) in [5.41, 5.74) is 1.20. The average Bonchev–Trinajstić information content (AvgIpc) is 3.17. The molecule has 3 heterocycles. The third kappa shape index (κ3) is 1.79. The van der Waals surface area contributed by atoms with Gasteiger partial charge in [0.05, 0.1) is 6.04 Å². The standard InChI is InChI=1S/C14H15N3O3/c1-9-15-16-14(20-9)17-6-2-3-11(17)10-4-5-12-13(7-10)19-8-18-12/h4-5,7,11H,2-3,6,8H2,1H3/t11-/m1/s1. The maximum atomic E-state index is 5.56. The topological polar surface area (TPSA) is 60.6 Å². The van der Waals surface area contributed by atoms with Crippen LogP contribution in [0.4, 0.5) is 6.01 Å². The summed E-state index contributed by atoms with van der Waals surface area (Å²) in [4.78, 5) is 2.16. The van der Waals surface area contributed by atoms with Gasteiger partial charge in [0.25, 0.3) is 0 Å². The summed E-state index contributed by atoms with van der Waals surface area (Å²) >= 11 is 0. The molecule has 6 nitrogen and oxygen atoms in total. The van der Waals surface area contributed by atoms with Gasteiger partial charge >= 0.3 is 6.01 Å². The minimum atomic E-state index is 0.254. The molecule has 4 rings (SSSR count). The van der Waals surface area contributed by atoms with Crippen LogP contribution in [0.2, 0.25) is 0 Å². The lowest BCUT2D eigenvalue weighted by molar-refractivity contribution is 0.174. The molecule has 0 aliphatic carbocycles. The molecular formula is C14H15N3O3. The van der Waals surface area contributed by atoms with Crippen LogP contribution in [0.15, 0.2) is 22.6 Å². The smallest absolute Gasteiger partial charge is 0.318 e. The van der Waals surface area contributed by atoms with Crippen LogP contribution in [0.3, 0.4) is 0 Å². The largest absolute Gasteiger partial charge is 0.454 e. The zero-order chi connectivity index (χ0) is 13.5. The van der Waals surface area contributed by atoms with Gasteiger partial charge in [-0.25, -0.2) is 0 Å². The molecule has 2 aromatic rings. The summed E-state index contributed by atoms with van der Waals surface area (Å²) in [5, 5.41) is 8.04. The summed E-state index contributed by atoms with van der Waals surface area (Å²) in [6.45, 7) is 3.04. The number of fused-ring (bicyclic) bond motifs is 1. The van der Waals surface area contributed by atoms with Crippen LogP contribution in [0.5, 0.6) is 11.5 Å². The Bertz CT molecular complexity index is 640. The molecule has 2 aliphatic heterocycles. The number of aromatic nitrogens is 2. The molecule has 6 heteroatoms. The van der Waals surface area contributed by atoms with Gasteiger partial charge in [0.2, 0.25) is 12.7 Å². The third-order valence-electron chi connectivity index (χ3n) is 3.80. The Labute approximate surface area is 116 Å². The average molecular weight is 273 g/mol. The maximum Gasteiger partial charge on any atom is 0.318 e. The number of aryl methyl sites for hydroxylation is 1. The fourth-order valence-corrected chi connectivity index (χ4v) is 2.86. The number of nitrogens with zero attached hydrogens (tertiary/aromatic N) is 3. The normalized spacial score (nSPS) is 20.6. The second-order valence-corrected chi connectivity index (χ2v) is 5.07. The Kier molecular flexibility index (Phi) is 2.55. The van der Waals surface area contributed by atoms with E-state index < -0.39 is 0 Å². The fraction of sp³-hybridized carbons (Fsp3) is 0.429. The highest BCUT2D eigenvalue weighted by atomic mass is 16.7. The first kappa shape index (κ1) is 11.6. The second kappa shape index (κ2) is 4.40. The van der Waals surface area contributed by atoms with E-state index >= 15 is 0 Å². The summed E-state index contributed by atoms with van der Waals surface area (Å²) < 4.78 is 16.4. The molecule has 1 aromatic carbocycles. The van der Waals surface area contributed by atoms with Crippen LogP contribution in [0, 0.1) is 6.92 Å². The Morgan fingerprint density at radius 2 is 2.10 bits per heavy atom. The van der Waals surface area contributed by atoms with Crippen molar-refractivity contribution in [2.45, 2.75) is 25.8 Å². The van der Waals surface area contributed by atoms with E-state index in [1.165, 1.54) is 5.56 Å². The van der Waals surface area contributed by atoms with Crippen LogP contribution < -0.4 is 14.4 Å². The Balaban J connectivity index is 1.66. The van der Waals surface area contributed by atoms with Gasteiger partial charge < -0.3 is 18.8 Å². The number of anilines is 1.